The SMILES string of the molecule is FC(OC(F)(F)C(F)(F)C(F)(F)F)C(F)(F)Oc1ccc(COCC2CO2)cc1. The molecule has 0 spiro atoms. The maximum atomic E-state index is 13.5. The second-order valence-electron chi connectivity index (χ2n) is 5.80. The van der Waals surface area contributed by atoms with E-state index in [9.17, 15) is 43.9 Å². The molecule has 1 aliphatic rings. The minimum absolute atomic E-state index is 0.0272. The zero-order chi connectivity index (χ0) is 22.1. The van der Waals surface area contributed by atoms with Crippen molar-refractivity contribution in [1.82, 2.24) is 0 Å². The summed E-state index contributed by atoms with van der Waals surface area (Å²) < 4.78 is 143. The lowest BCUT2D eigenvalue weighted by Crippen LogP contribution is -2.56. The molecule has 0 amide bonds. The number of benzene rings is 1. The summed E-state index contributed by atoms with van der Waals surface area (Å²) in [4.78, 5) is 0. The van der Waals surface area contributed by atoms with Gasteiger partial charge in [0.2, 0.25) is 0 Å². The summed E-state index contributed by atoms with van der Waals surface area (Å²) in [5, 5.41) is 0. The van der Waals surface area contributed by atoms with E-state index in [0.29, 0.717) is 12.2 Å². The first kappa shape index (κ1) is 23.5. The Labute approximate surface area is 156 Å². The van der Waals surface area contributed by atoms with Gasteiger partial charge in [0, 0.05) is 0 Å². The summed E-state index contributed by atoms with van der Waals surface area (Å²) in [6, 6.07) is 4.05. The molecule has 1 aromatic carbocycles. The van der Waals surface area contributed by atoms with Gasteiger partial charge in [-0.2, -0.15) is 39.5 Å². The van der Waals surface area contributed by atoms with E-state index in [-0.39, 0.29) is 19.3 Å². The summed E-state index contributed by atoms with van der Waals surface area (Å²) in [7, 11) is 0. The van der Waals surface area contributed by atoms with E-state index in [0.717, 1.165) is 12.1 Å². The fourth-order valence-electron chi connectivity index (χ4n) is 1.77. The van der Waals surface area contributed by atoms with Gasteiger partial charge in [0.15, 0.2) is 0 Å². The highest BCUT2D eigenvalue weighted by atomic mass is 19.4. The number of rotatable bonds is 10. The Morgan fingerprint density at radius 1 is 0.966 bits per heavy atom. The number of hydrogen-bond acceptors (Lipinski definition) is 4. The summed E-state index contributed by atoms with van der Waals surface area (Å²) in [5.41, 5.74) is 0.450. The first-order valence-electron chi connectivity index (χ1n) is 7.65. The van der Waals surface area contributed by atoms with Crippen molar-refractivity contribution in [2.24, 2.45) is 0 Å². The molecule has 0 aliphatic carbocycles. The monoisotopic (exact) mass is 446 g/mol. The molecule has 1 aliphatic heterocycles. The van der Waals surface area contributed by atoms with Gasteiger partial charge in [0.05, 0.1) is 19.8 Å². The molecule has 0 radical (unpaired) electrons. The van der Waals surface area contributed by atoms with Gasteiger partial charge in [-0.05, 0) is 17.7 Å². The molecule has 4 nitrogen and oxygen atoms in total. The summed E-state index contributed by atoms with van der Waals surface area (Å²) in [5.74, 6) is -7.73. The van der Waals surface area contributed by atoms with E-state index >= 15 is 0 Å². The first-order chi connectivity index (χ1) is 13.2. The molecule has 2 rings (SSSR count). The van der Waals surface area contributed by atoms with Crippen LogP contribution in [0.3, 0.4) is 0 Å². The predicted octanol–water partition coefficient (Wildman–Crippen LogP) is 4.68. The van der Waals surface area contributed by atoms with Crippen molar-refractivity contribution in [3.63, 3.8) is 0 Å². The van der Waals surface area contributed by atoms with Gasteiger partial charge in [-0.1, -0.05) is 12.1 Å². The van der Waals surface area contributed by atoms with E-state index < -0.39 is 36.4 Å². The van der Waals surface area contributed by atoms with Crippen molar-refractivity contribution in [2.45, 2.75) is 43.4 Å². The van der Waals surface area contributed by atoms with Crippen molar-refractivity contribution in [2.75, 3.05) is 13.2 Å². The third kappa shape index (κ3) is 5.85. The number of ether oxygens (including phenoxy) is 4. The molecule has 2 atom stereocenters. The standard InChI is InChI=1S/C15H12F10O4/c16-11(29-15(24,25)13(19,20)14(21,22)23)12(17,18)28-9-3-1-8(2-4-9)5-26-6-10-7-27-10/h1-4,10-11H,5-7H2. The van der Waals surface area contributed by atoms with Gasteiger partial charge in [-0.25, -0.2) is 4.39 Å². The minimum Gasteiger partial charge on any atom is -0.429 e. The fourth-order valence-corrected chi connectivity index (χ4v) is 1.77. The molecule has 14 heteroatoms. The van der Waals surface area contributed by atoms with Crippen LogP contribution in [0.2, 0.25) is 0 Å². The van der Waals surface area contributed by atoms with Crippen LogP contribution < -0.4 is 4.74 Å². The lowest BCUT2D eigenvalue weighted by atomic mass is 10.2. The summed E-state index contributed by atoms with van der Waals surface area (Å²) in [6.07, 6.45) is -23.5. The second-order valence-corrected chi connectivity index (χ2v) is 5.80. The summed E-state index contributed by atoms with van der Waals surface area (Å²) >= 11 is 0. The topological polar surface area (TPSA) is 40.2 Å². The molecule has 2 unspecified atom stereocenters. The van der Waals surface area contributed by atoms with E-state index in [1.807, 2.05) is 0 Å². The van der Waals surface area contributed by atoms with Crippen LogP contribution >= 0.6 is 0 Å². The Morgan fingerprint density at radius 3 is 2.00 bits per heavy atom. The highest BCUT2D eigenvalue weighted by Gasteiger charge is 2.76. The maximum absolute atomic E-state index is 13.5. The van der Waals surface area contributed by atoms with Crippen molar-refractivity contribution < 1.29 is 62.9 Å². The Kier molecular flexibility index (Phi) is 6.59. The molecule has 1 saturated heterocycles. The largest absolute Gasteiger partial charge is 0.462 e. The predicted molar refractivity (Wildman–Crippen MR) is 73.3 cm³/mol. The first-order valence-corrected chi connectivity index (χ1v) is 7.65. The number of hydrogen-bond donors (Lipinski definition) is 0. The van der Waals surface area contributed by atoms with E-state index in [1.165, 1.54) is 12.1 Å². The van der Waals surface area contributed by atoms with E-state index in [4.69, 9.17) is 9.47 Å². The smallest absolute Gasteiger partial charge is 0.429 e. The number of epoxide rings is 1. The average Bonchev–Trinajstić information content (AvgIpc) is 3.39. The third-order valence-corrected chi connectivity index (χ3v) is 3.39. The van der Waals surface area contributed by atoms with Crippen LogP contribution in [0.15, 0.2) is 24.3 Å². The van der Waals surface area contributed by atoms with Gasteiger partial charge in [-0.3, -0.25) is 4.74 Å². The molecular formula is C15H12F10O4. The zero-order valence-electron chi connectivity index (χ0n) is 14.0. The van der Waals surface area contributed by atoms with Crippen LogP contribution in [0.1, 0.15) is 5.56 Å². The second kappa shape index (κ2) is 8.14. The van der Waals surface area contributed by atoms with Crippen LogP contribution in [0.25, 0.3) is 0 Å². The van der Waals surface area contributed by atoms with Crippen molar-refractivity contribution in [1.29, 1.82) is 0 Å². The Balaban J connectivity index is 1.96. The highest BCUT2D eigenvalue weighted by Crippen LogP contribution is 2.48. The van der Waals surface area contributed by atoms with Crippen LogP contribution in [0.4, 0.5) is 43.9 Å². The van der Waals surface area contributed by atoms with Gasteiger partial charge in [0.1, 0.15) is 11.9 Å². The maximum Gasteiger partial charge on any atom is 0.462 e. The van der Waals surface area contributed by atoms with Gasteiger partial charge < -0.3 is 14.2 Å². The van der Waals surface area contributed by atoms with Crippen LogP contribution in [0.5, 0.6) is 5.75 Å². The lowest BCUT2D eigenvalue weighted by Gasteiger charge is -2.30. The quantitative estimate of drug-likeness (QED) is 0.387. The summed E-state index contributed by atoms with van der Waals surface area (Å²) in [6.45, 7) is 0.875. The Bertz CT molecular complexity index is 673. The van der Waals surface area contributed by atoms with Crippen LogP contribution in [0, 0.1) is 0 Å². The average molecular weight is 446 g/mol. The van der Waals surface area contributed by atoms with Crippen molar-refractivity contribution in [3.8, 4) is 5.75 Å². The molecule has 29 heavy (non-hydrogen) atoms. The minimum atomic E-state index is -6.92. The molecule has 0 aromatic heterocycles. The van der Waals surface area contributed by atoms with Gasteiger partial charge in [0.25, 0.3) is 0 Å². The van der Waals surface area contributed by atoms with Gasteiger partial charge in [-0.15, -0.1) is 0 Å². The molecule has 0 saturated carbocycles. The fraction of sp³-hybridized carbons (Fsp3) is 0.600. The van der Waals surface area contributed by atoms with Crippen LogP contribution in [-0.2, 0) is 20.8 Å². The molecular weight excluding hydrogens is 434 g/mol. The Hall–Kier alpha value is -1.80. The molecule has 0 bridgehead atoms. The van der Waals surface area contributed by atoms with E-state index in [1.54, 1.807) is 0 Å². The lowest BCUT2D eigenvalue weighted by molar-refractivity contribution is -0.460. The number of alkyl halides is 10. The zero-order valence-corrected chi connectivity index (χ0v) is 14.0. The Morgan fingerprint density at radius 2 is 1.52 bits per heavy atom. The molecule has 1 fully saturated rings. The number of halogens is 10. The van der Waals surface area contributed by atoms with Crippen LogP contribution in [-0.4, -0.2) is 50.0 Å². The van der Waals surface area contributed by atoms with Crippen molar-refractivity contribution >= 4 is 0 Å². The highest BCUT2D eigenvalue weighted by molar-refractivity contribution is 5.27. The normalized spacial score (nSPS) is 19.2. The molecule has 0 N–H and O–H groups in total. The van der Waals surface area contributed by atoms with Crippen molar-refractivity contribution in [3.05, 3.63) is 29.8 Å². The molecule has 1 aromatic rings. The van der Waals surface area contributed by atoms with Gasteiger partial charge >= 0.3 is 30.7 Å². The van der Waals surface area contributed by atoms with E-state index in [2.05, 4.69) is 9.47 Å². The third-order valence-electron chi connectivity index (χ3n) is 3.39. The molecule has 166 valence electrons. The molecule has 1 heterocycles.